The lowest BCUT2D eigenvalue weighted by molar-refractivity contribution is 0.0592. The van der Waals surface area contributed by atoms with Gasteiger partial charge in [-0.3, -0.25) is 0 Å². The molecule has 1 rings (SSSR count). The van der Waals surface area contributed by atoms with Crippen molar-refractivity contribution in [1.29, 1.82) is 0 Å². The largest absolute Gasteiger partial charge is 0.465 e. The van der Waals surface area contributed by atoms with Crippen LogP contribution in [0.25, 0.3) is 0 Å². The molecule has 0 spiro atoms. The summed E-state index contributed by atoms with van der Waals surface area (Å²) in [6.07, 6.45) is 0. The molecule has 0 aliphatic heterocycles. The molecule has 0 fully saturated rings. The van der Waals surface area contributed by atoms with E-state index in [4.69, 9.17) is 20.8 Å². The maximum Gasteiger partial charge on any atom is 0.341 e. The molecule has 0 aliphatic rings. The number of ether oxygens (including phenoxy) is 2. The second-order valence-corrected chi connectivity index (χ2v) is 2.88. The molecule has 1 aromatic rings. The molecule has 0 aromatic carbocycles. The van der Waals surface area contributed by atoms with Crippen LogP contribution in [0.15, 0.2) is 10.5 Å². The summed E-state index contributed by atoms with van der Waals surface area (Å²) < 4.78 is 14.7. The average Bonchev–Trinajstić information content (AvgIpc) is 2.61. The van der Waals surface area contributed by atoms with Crippen LogP contribution in [0.4, 0.5) is 0 Å². The number of rotatable bonds is 4. The van der Waals surface area contributed by atoms with E-state index in [0.717, 1.165) is 0 Å². The molecule has 0 N–H and O–H groups in total. The van der Waals surface area contributed by atoms with Crippen LogP contribution in [0.5, 0.6) is 0 Å². The Morgan fingerprint density at radius 3 is 2.79 bits per heavy atom. The minimum Gasteiger partial charge on any atom is -0.465 e. The topological polar surface area (TPSA) is 48.7 Å². The Bertz CT molecular complexity index is 319. The minimum absolute atomic E-state index is 0.216. The van der Waals surface area contributed by atoms with Crippen LogP contribution < -0.4 is 0 Å². The molecule has 0 atom stereocenters. The van der Waals surface area contributed by atoms with Gasteiger partial charge in [0, 0.05) is 7.11 Å². The molecule has 0 saturated carbocycles. The van der Waals surface area contributed by atoms with Gasteiger partial charge in [0.15, 0.2) is 0 Å². The first-order valence-corrected chi connectivity index (χ1v) is 4.51. The van der Waals surface area contributed by atoms with Gasteiger partial charge in [0.05, 0.1) is 13.0 Å². The molecular weight excluding hydrogens is 208 g/mol. The molecule has 0 radical (unpaired) electrons. The lowest BCUT2D eigenvalue weighted by atomic mass is 10.2. The van der Waals surface area contributed by atoms with Gasteiger partial charge in [0.2, 0.25) is 0 Å². The number of hydrogen-bond donors (Lipinski definition) is 0. The fourth-order valence-electron chi connectivity index (χ4n) is 1.07. The highest BCUT2D eigenvalue weighted by Gasteiger charge is 2.17. The second kappa shape index (κ2) is 5.02. The van der Waals surface area contributed by atoms with Crippen molar-refractivity contribution in [2.75, 3.05) is 14.2 Å². The van der Waals surface area contributed by atoms with Crippen molar-refractivity contribution in [1.82, 2.24) is 0 Å². The van der Waals surface area contributed by atoms with Crippen LogP contribution >= 0.6 is 11.6 Å². The van der Waals surface area contributed by atoms with E-state index >= 15 is 0 Å². The van der Waals surface area contributed by atoms with E-state index in [2.05, 4.69) is 4.74 Å². The van der Waals surface area contributed by atoms with Gasteiger partial charge in [0.25, 0.3) is 0 Å². The van der Waals surface area contributed by atoms with Crippen LogP contribution in [0.2, 0.25) is 0 Å². The van der Waals surface area contributed by atoms with Crippen molar-refractivity contribution in [2.24, 2.45) is 0 Å². The summed E-state index contributed by atoms with van der Waals surface area (Å²) in [6, 6.07) is 1.56. The van der Waals surface area contributed by atoms with E-state index in [0.29, 0.717) is 17.1 Å². The lowest BCUT2D eigenvalue weighted by Gasteiger charge is -1.98. The summed E-state index contributed by atoms with van der Waals surface area (Å²) in [6.45, 7) is 0.224. The number of furan rings is 1. The molecule has 0 saturated heterocycles. The SMILES string of the molecule is COCc1oc(CCl)cc1C(=O)OC. The first-order chi connectivity index (χ1) is 6.72. The summed E-state index contributed by atoms with van der Waals surface area (Å²) >= 11 is 5.57. The smallest absolute Gasteiger partial charge is 0.341 e. The first kappa shape index (κ1) is 11.1. The van der Waals surface area contributed by atoms with E-state index in [1.165, 1.54) is 14.2 Å². The third kappa shape index (κ3) is 2.27. The molecule has 5 heteroatoms. The minimum atomic E-state index is -0.447. The van der Waals surface area contributed by atoms with Crippen LogP contribution in [-0.2, 0) is 22.0 Å². The molecule has 78 valence electrons. The number of alkyl halides is 1. The standard InChI is InChI=1S/C9H11ClO4/c1-12-5-8-7(9(11)13-2)3-6(4-10)14-8/h3H,4-5H2,1-2H3. The maximum atomic E-state index is 11.3. The Kier molecular flexibility index (Phi) is 3.98. The van der Waals surface area contributed by atoms with Crippen LogP contribution in [0.3, 0.4) is 0 Å². The van der Waals surface area contributed by atoms with Crippen molar-refractivity contribution in [3.05, 3.63) is 23.2 Å². The van der Waals surface area contributed by atoms with Crippen molar-refractivity contribution in [2.45, 2.75) is 12.5 Å². The van der Waals surface area contributed by atoms with E-state index in [1.54, 1.807) is 6.07 Å². The number of hydrogen-bond acceptors (Lipinski definition) is 4. The van der Waals surface area contributed by atoms with E-state index in [1.807, 2.05) is 0 Å². The van der Waals surface area contributed by atoms with Gasteiger partial charge in [-0.15, -0.1) is 11.6 Å². The van der Waals surface area contributed by atoms with Crippen molar-refractivity contribution in [3.63, 3.8) is 0 Å². The third-order valence-corrected chi connectivity index (χ3v) is 1.94. The Balaban J connectivity index is 2.99. The Morgan fingerprint density at radius 1 is 1.57 bits per heavy atom. The molecule has 1 heterocycles. The Morgan fingerprint density at radius 2 is 2.29 bits per heavy atom. The van der Waals surface area contributed by atoms with Gasteiger partial charge in [-0.2, -0.15) is 0 Å². The van der Waals surface area contributed by atoms with Crippen LogP contribution in [0.1, 0.15) is 21.9 Å². The second-order valence-electron chi connectivity index (χ2n) is 2.61. The highest BCUT2D eigenvalue weighted by atomic mass is 35.5. The molecule has 0 bridgehead atoms. The predicted molar refractivity (Wildman–Crippen MR) is 50.3 cm³/mol. The number of carbonyl (C=O) groups excluding carboxylic acids is 1. The van der Waals surface area contributed by atoms with Crippen LogP contribution in [-0.4, -0.2) is 20.2 Å². The van der Waals surface area contributed by atoms with E-state index in [-0.39, 0.29) is 12.5 Å². The summed E-state index contributed by atoms with van der Waals surface area (Å²) in [5.74, 6) is 0.736. The fourth-order valence-corrected chi connectivity index (χ4v) is 1.20. The molecule has 14 heavy (non-hydrogen) atoms. The molecule has 0 aliphatic carbocycles. The zero-order chi connectivity index (χ0) is 10.6. The van der Waals surface area contributed by atoms with Gasteiger partial charge in [-0.1, -0.05) is 0 Å². The molecule has 0 unspecified atom stereocenters. The third-order valence-electron chi connectivity index (χ3n) is 1.67. The van der Waals surface area contributed by atoms with E-state index in [9.17, 15) is 4.79 Å². The average molecular weight is 219 g/mol. The number of halogens is 1. The summed E-state index contributed by atoms with van der Waals surface area (Å²) in [5.41, 5.74) is 0.366. The van der Waals surface area contributed by atoms with E-state index < -0.39 is 5.97 Å². The highest BCUT2D eigenvalue weighted by molar-refractivity contribution is 6.16. The highest BCUT2D eigenvalue weighted by Crippen LogP contribution is 2.18. The van der Waals surface area contributed by atoms with Gasteiger partial charge in [-0.05, 0) is 6.07 Å². The maximum absolute atomic E-state index is 11.3. The first-order valence-electron chi connectivity index (χ1n) is 3.97. The van der Waals surface area contributed by atoms with Crippen molar-refractivity contribution >= 4 is 17.6 Å². The fraction of sp³-hybridized carbons (Fsp3) is 0.444. The summed E-state index contributed by atoms with van der Waals surface area (Å²) in [7, 11) is 2.83. The quantitative estimate of drug-likeness (QED) is 0.573. The van der Waals surface area contributed by atoms with Gasteiger partial charge < -0.3 is 13.9 Å². The zero-order valence-electron chi connectivity index (χ0n) is 8.00. The Hall–Kier alpha value is -1.00. The van der Waals surface area contributed by atoms with Crippen molar-refractivity contribution in [3.8, 4) is 0 Å². The molecule has 1 aromatic heterocycles. The molecular formula is C9H11ClO4. The zero-order valence-corrected chi connectivity index (χ0v) is 8.76. The molecule has 0 amide bonds. The predicted octanol–water partition coefficient (Wildman–Crippen LogP) is 1.95. The monoisotopic (exact) mass is 218 g/mol. The molecule has 4 nitrogen and oxygen atoms in total. The Labute approximate surface area is 86.7 Å². The van der Waals surface area contributed by atoms with Gasteiger partial charge in [-0.25, -0.2) is 4.79 Å². The normalized spacial score (nSPS) is 10.2. The number of carbonyl (C=O) groups is 1. The van der Waals surface area contributed by atoms with Gasteiger partial charge in [0.1, 0.15) is 23.7 Å². The summed E-state index contributed by atoms with van der Waals surface area (Å²) in [5, 5.41) is 0. The lowest BCUT2D eigenvalue weighted by Crippen LogP contribution is -2.03. The van der Waals surface area contributed by atoms with Gasteiger partial charge >= 0.3 is 5.97 Å². The van der Waals surface area contributed by atoms with Crippen molar-refractivity contribution < 1.29 is 18.7 Å². The number of methoxy groups -OCH3 is 2. The van der Waals surface area contributed by atoms with Crippen LogP contribution in [0, 0.1) is 0 Å². The summed E-state index contributed by atoms with van der Waals surface area (Å²) in [4.78, 5) is 11.3. The number of esters is 1.